The summed E-state index contributed by atoms with van der Waals surface area (Å²) in [6, 6.07) is 0. The van der Waals surface area contributed by atoms with E-state index in [1.807, 2.05) is 0 Å². The van der Waals surface area contributed by atoms with Crippen molar-refractivity contribution in [2.75, 3.05) is 0 Å². The number of hydrogen-bond acceptors (Lipinski definition) is 0. The van der Waals surface area contributed by atoms with E-state index in [1.54, 1.807) is 0 Å². The second-order valence-corrected chi connectivity index (χ2v) is 3.12. The summed E-state index contributed by atoms with van der Waals surface area (Å²) in [5.74, 6) is 0. The smallest absolute Gasteiger partial charge is 0.239 e. The predicted octanol–water partition coefficient (Wildman–Crippen LogP) is 1.19. The van der Waals surface area contributed by atoms with E-state index in [-0.39, 0.29) is 0 Å². The molecule has 0 atom stereocenters. The molecular weight excluding hydrogens is 136 g/mol. The van der Waals surface area contributed by atoms with Crippen molar-refractivity contribution < 1.29 is 4.57 Å². The molecule has 0 saturated carbocycles. The molecule has 11 heavy (non-hydrogen) atoms. The van der Waals surface area contributed by atoms with Gasteiger partial charge in [-0.2, -0.15) is 0 Å². The van der Waals surface area contributed by atoms with Crippen molar-refractivity contribution in [2.45, 2.75) is 26.2 Å². The minimum absolute atomic E-state index is 1.20. The molecule has 0 amide bonds. The molecule has 0 fully saturated rings. The van der Waals surface area contributed by atoms with Gasteiger partial charge in [-0.1, -0.05) is 13.3 Å². The zero-order valence-electron chi connectivity index (χ0n) is 7.67. The number of imidazole rings is 1. The topological polar surface area (TPSA) is 8.81 Å². The van der Waals surface area contributed by atoms with Crippen molar-refractivity contribution in [1.29, 1.82) is 0 Å². The largest absolute Gasteiger partial charge is 0.243 e. The summed E-state index contributed by atoms with van der Waals surface area (Å²) >= 11 is 0. The maximum atomic E-state index is 2.23. The SMILES string of the molecule is CCCCc1c[n+](C)cn1C. The number of unbranched alkanes of at least 4 members (excludes halogenated alkanes) is 1. The number of hydrogen-bond donors (Lipinski definition) is 0. The Morgan fingerprint density at radius 2 is 2.27 bits per heavy atom. The van der Waals surface area contributed by atoms with Gasteiger partial charge in [0.2, 0.25) is 6.33 Å². The summed E-state index contributed by atoms with van der Waals surface area (Å²) in [7, 11) is 4.17. The first-order valence-electron chi connectivity index (χ1n) is 4.24. The Kier molecular flexibility index (Phi) is 2.69. The fourth-order valence-corrected chi connectivity index (χ4v) is 1.31. The summed E-state index contributed by atoms with van der Waals surface area (Å²) in [5.41, 5.74) is 1.43. The lowest BCUT2D eigenvalue weighted by Gasteiger charge is -1.92. The van der Waals surface area contributed by atoms with Gasteiger partial charge in [-0.25, -0.2) is 9.13 Å². The van der Waals surface area contributed by atoms with Crippen LogP contribution in [0.3, 0.4) is 0 Å². The van der Waals surface area contributed by atoms with Gasteiger partial charge in [0.05, 0.1) is 14.1 Å². The van der Waals surface area contributed by atoms with Crippen LogP contribution in [0.2, 0.25) is 0 Å². The van der Waals surface area contributed by atoms with E-state index in [1.165, 1.54) is 25.0 Å². The molecule has 1 heterocycles. The third-order valence-electron chi connectivity index (χ3n) is 1.95. The maximum Gasteiger partial charge on any atom is 0.243 e. The van der Waals surface area contributed by atoms with Crippen molar-refractivity contribution in [2.24, 2.45) is 14.1 Å². The van der Waals surface area contributed by atoms with E-state index in [4.69, 9.17) is 0 Å². The zero-order chi connectivity index (χ0) is 8.27. The number of aromatic nitrogens is 2. The third kappa shape index (κ3) is 2.07. The van der Waals surface area contributed by atoms with Gasteiger partial charge in [0.25, 0.3) is 0 Å². The fraction of sp³-hybridized carbons (Fsp3) is 0.667. The molecule has 0 spiro atoms. The molecule has 0 aromatic carbocycles. The van der Waals surface area contributed by atoms with Gasteiger partial charge in [-0.05, 0) is 6.42 Å². The van der Waals surface area contributed by atoms with E-state index >= 15 is 0 Å². The van der Waals surface area contributed by atoms with Crippen LogP contribution in [0.15, 0.2) is 12.5 Å². The second kappa shape index (κ2) is 3.56. The molecule has 0 saturated heterocycles. The van der Waals surface area contributed by atoms with Gasteiger partial charge in [0, 0.05) is 6.42 Å². The average Bonchev–Trinajstić information content (AvgIpc) is 2.26. The van der Waals surface area contributed by atoms with Crippen molar-refractivity contribution in [3.05, 3.63) is 18.2 Å². The Morgan fingerprint density at radius 1 is 1.55 bits per heavy atom. The molecule has 2 heteroatoms. The summed E-state index contributed by atoms with van der Waals surface area (Å²) in [4.78, 5) is 0. The average molecular weight is 153 g/mol. The number of aryl methyl sites for hydroxylation is 3. The Morgan fingerprint density at radius 3 is 2.73 bits per heavy atom. The Labute approximate surface area is 68.5 Å². The van der Waals surface area contributed by atoms with Crippen LogP contribution in [0.25, 0.3) is 0 Å². The minimum atomic E-state index is 1.20. The summed E-state index contributed by atoms with van der Waals surface area (Å²) in [5, 5.41) is 0. The van der Waals surface area contributed by atoms with Crippen LogP contribution in [0.4, 0.5) is 0 Å². The lowest BCUT2D eigenvalue weighted by atomic mass is 10.2. The van der Waals surface area contributed by atoms with Crippen molar-refractivity contribution in [1.82, 2.24) is 4.57 Å². The third-order valence-corrected chi connectivity index (χ3v) is 1.95. The Bertz CT molecular complexity index is 225. The Balaban J connectivity index is 2.62. The van der Waals surface area contributed by atoms with Gasteiger partial charge in [0.15, 0.2) is 0 Å². The molecule has 1 aromatic rings. The lowest BCUT2D eigenvalue weighted by molar-refractivity contribution is -0.671. The molecule has 0 bridgehead atoms. The van der Waals surface area contributed by atoms with Crippen LogP contribution in [-0.4, -0.2) is 4.57 Å². The van der Waals surface area contributed by atoms with Crippen LogP contribution in [0.5, 0.6) is 0 Å². The van der Waals surface area contributed by atoms with E-state index in [0.717, 1.165) is 0 Å². The van der Waals surface area contributed by atoms with Crippen LogP contribution in [-0.2, 0) is 20.5 Å². The van der Waals surface area contributed by atoms with Gasteiger partial charge in [0.1, 0.15) is 11.9 Å². The van der Waals surface area contributed by atoms with Gasteiger partial charge in [-0.15, -0.1) is 0 Å². The highest BCUT2D eigenvalue weighted by molar-refractivity contribution is 4.92. The molecule has 1 rings (SSSR count). The molecule has 0 N–H and O–H groups in total. The second-order valence-electron chi connectivity index (χ2n) is 3.12. The predicted molar refractivity (Wildman–Crippen MR) is 45.2 cm³/mol. The fourth-order valence-electron chi connectivity index (χ4n) is 1.31. The van der Waals surface area contributed by atoms with Crippen molar-refractivity contribution in [3.63, 3.8) is 0 Å². The molecule has 2 nitrogen and oxygen atoms in total. The van der Waals surface area contributed by atoms with Crippen molar-refractivity contribution >= 4 is 0 Å². The molecular formula is C9H17N2+. The normalized spacial score (nSPS) is 10.5. The zero-order valence-corrected chi connectivity index (χ0v) is 7.67. The molecule has 0 unspecified atom stereocenters. The van der Waals surface area contributed by atoms with E-state index in [0.29, 0.717) is 0 Å². The minimum Gasteiger partial charge on any atom is -0.239 e. The van der Waals surface area contributed by atoms with Crippen LogP contribution in [0.1, 0.15) is 25.5 Å². The molecule has 0 radical (unpaired) electrons. The van der Waals surface area contributed by atoms with E-state index < -0.39 is 0 Å². The number of rotatable bonds is 3. The van der Waals surface area contributed by atoms with Gasteiger partial charge < -0.3 is 0 Å². The first-order chi connectivity index (χ1) is 5.24. The molecule has 1 aromatic heterocycles. The number of nitrogens with zero attached hydrogens (tertiary/aromatic N) is 2. The highest BCUT2D eigenvalue weighted by Crippen LogP contribution is 2.00. The van der Waals surface area contributed by atoms with Gasteiger partial charge in [-0.3, -0.25) is 0 Å². The summed E-state index contributed by atoms with van der Waals surface area (Å²) < 4.78 is 4.29. The standard InChI is InChI=1S/C9H17N2/c1-4-5-6-9-7-10(2)8-11(9)3/h7-8H,4-6H2,1-3H3/q+1. The summed E-state index contributed by atoms with van der Waals surface area (Å²) in [6.45, 7) is 2.23. The van der Waals surface area contributed by atoms with Crippen LogP contribution in [0, 0.1) is 0 Å². The Hall–Kier alpha value is -0.790. The van der Waals surface area contributed by atoms with E-state index in [9.17, 15) is 0 Å². The molecule has 0 aliphatic rings. The molecule has 0 aliphatic carbocycles. The monoisotopic (exact) mass is 153 g/mol. The van der Waals surface area contributed by atoms with E-state index in [2.05, 4.69) is 42.7 Å². The highest BCUT2D eigenvalue weighted by Gasteiger charge is 2.05. The molecule has 62 valence electrons. The lowest BCUT2D eigenvalue weighted by Crippen LogP contribution is -2.23. The summed E-state index contributed by atoms with van der Waals surface area (Å²) in [6.07, 6.45) is 8.06. The first-order valence-corrected chi connectivity index (χ1v) is 4.24. The van der Waals surface area contributed by atoms with Crippen molar-refractivity contribution in [3.8, 4) is 0 Å². The molecule has 0 aliphatic heterocycles. The van der Waals surface area contributed by atoms with Crippen LogP contribution < -0.4 is 4.57 Å². The quantitative estimate of drug-likeness (QED) is 0.577. The first kappa shape index (κ1) is 8.31. The highest BCUT2D eigenvalue weighted by atomic mass is 15.1. The van der Waals surface area contributed by atoms with Gasteiger partial charge >= 0.3 is 0 Å². The maximum absolute atomic E-state index is 2.23. The van der Waals surface area contributed by atoms with Crippen LogP contribution >= 0.6 is 0 Å².